The Bertz CT molecular complexity index is 1110. The zero-order chi connectivity index (χ0) is 23.2. The highest BCUT2D eigenvalue weighted by Crippen LogP contribution is 2.50. The molecule has 0 saturated carbocycles. The molecule has 0 bridgehead atoms. The normalized spacial score (nSPS) is 12.8. The Hall–Kier alpha value is -3.17. The summed E-state index contributed by atoms with van der Waals surface area (Å²) in [5, 5.41) is 0. The molecule has 0 saturated heterocycles. The van der Waals surface area contributed by atoms with E-state index in [2.05, 4.69) is 0 Å². The molecule has 3 aromatic rings. The standard InChI is InChI=1S/C21H12F9N/c22-19(23,24)15-7-2-1-6-13(15)14-8-9-16(20(25,26)27)17(18(14)21(28,29)30)11-4-3-5-12(31)10-11/h1-10H,31H2. The molecule has 0 fully saturated rings. The number of alkyl halides is 9. The van der Waals surface area contributed by atoms with Crippen LogP contribution >= 0.6 is 0 Å². The smallest absolute Gasteiger partial charge is 0.399 e. The summed E-state index contributed by atoms with van der Waals surface area (Å²) in [5.41, 5.74) is -3.17. The van der Waals surface area contributed by atoms with Gasteiger partial charge in [0.05, 0.1) is 16.7 Å². The maximum Gasteiger partial charge on any atom is 0.417 e. The predicted octanol–water partition coefficient (Wildman–Crippen LogP) is 7.66. The van der Waals surface area contributed by atoms with Gasteiger partial charge in [0.1, 0.15) is 0 Å². The molecule has 31 heavy (non-hydrogen) atoms. The van der Waals surface area contributed by atoms with Gasteiger partial charge in [-0.3, -0.25) is 0 Å². The fourth-order valence-electron chi connectivity index (χ4n) is 3.32. The van der Waals surface area contributed by atoms with Crippen LogP contribution in [0.1, 0.15) is 16.7 Å². The third-order valence-electron chi connectivity index (χ3n) is 4.49. The molecule has 2 N–H and O–H groups in total. The Morgan fingerprint density at radius 2 is 1.16 bits per heavy atom. The summed E-state index contributed by atoms with van der Waals surface area (Å²) >= 11 is 0. The van der Waals surface area contributed by atoms with E-state index in [4.69, 9.17) is 5.73 Å². The summed E-state index contributed by atoms with van der Waals surface area (Å²) in [5.74, 6) is 0. The summed E-state index contributed by atoms with van der Waals surface area (Å²) in [6, 6.07) is 8.44. The van der Waals surface area contributed by atoms with E-state index < -0.39 is 57.5 Å². The third kappa shape index (κ3) is 4.47. The van der Waals surface area contributed by atoms with Crippen molar-refractivity contribution in [2.45, 2.75) is 18.5 Å². The molecule has 0 aliphatic heterocycles. The first-order chi connectivity index (χ1) is 14.2. The van der Waals surface area contributed by atoms with Crippen LogP contribution in [0.5, 0.6) is 0 Å². The fraction of sp³-hybridized carbons (Fsp3) is 0.143. The molecule has 0 amide bonds. The zero-order valence-electron chi connectivity index (χ0n) is 15.3. The van der Waals surface area contributed by atoms with E-state index in [0.717, 1.165) is 36.4 Å². The van der Waals surface area contributed by atoms with Crippen molar-refractivity contribution in [2.24, 2.45) is 0 Å². The number of anilines is 1. The van der Waals surface area contributed by atoms with Gasteiger partial charge >= 0.3 is 18.5 Å². The number of hydrogen-bond donors (Lipinski definition) is 1. The summed E-state index contributed by atoms with van der Waals surface area (Å²) in [6.45, 7) is 0. The van der Waals surface area contributed by atoms with E-state index in [1.165, 1.54) is 6.07 Å². The highest BCUT2D eigenvalue weighted by molar-refractivity contribution is 5.84. The van der Waals surface area contributed by atoms with E-state index in [0.29, 0.717) is 18.2 Å². The fourth-order valence-corrected chi connectivity index (χ4v) is 3.32. The molecule has 1 nitrogen and oxygen atoms in total. The summed E-state index contributed by atoms with van der Waals surface area (Å²) in [6.07, 6.45) is -15.6. The van der Waals surface area contributed by atoms with Gasteiger partial charge in [-0.05, 0) is 41.0 Å². The molecule has 10 heteroatoms. The van der Waals surface area contributed by atoms with Gasteiger partial charge in [-0.1, -0.05) is 36.4 Å². The lowest BCUT2D eigenvalue weighted by molar-refractivity contribution is -0.142. The average molecular weight is 449 g/mol. The maximum absolute atomic E-state index is 14.1. The lowest BCUT2D eigenvalue weighted by atomic mass is 9.86. The van der Waals surface area contributed by atoms with E-state index >= 15 is 0 Å². The summed E-state index contributed by atoms with van der Waals surface area (Å²) in [7, 11) is 0. The van der Waals surface area contributed by atoms with E-state index in [-0.39, 0.29) is 5.69 Å². The molecular weight excluding hydrogens is 437 g/mol. The highest BCUT2D eigenvalue weighted by Gasteiger charge is 2.44. The summed E-state index contributed by atoms with van der Waals surface area (Å²) < 4.78 is 123. The molecule has 0 aromatic heterocycles. The molecule has 0 aliphatic rings. The number of halogens is 9. The minimum Gasteiger partial charge on any atom is -0.399 e. The number of nitrogen functional groups attached to an aromatic ring is 1. The Kier molecular flexibility index (Phi) is 5.45. The van der Waals surface area contributed by atoms with Crippen LogP contribution in [0, 0.1) is 0 Å². The van der Waals surface area contributed by atoms with E-state index in [1.807, 2.05) is 0 Å². The lowest BCUT2D eigenvalue weighted by Crippen LogP contribution is -2.17. The van der Waals surface area contributed by atoms with Crippen LogP contribution in [0.2, 0.25) is 0 Å². The van der Waals surface area contributed by atoms with Gasteiger partial charge in [-0.25, -0.2) is 0 Å². The van der Waals surface area contributed by atoms with Crippen molar-refractivity contribution in [1.82, 2.24) is 0 Å². The molecule has 3 rings (SSSR count). The SMILES string of the molecule is Nc1cccc(-c2c(C(F)(F)F)ccc(-c3ccccc3C(F)(F)F)c2C(F)(F)F)c1. The van der Waals surface area contributed by atoms with Crippen molar-refractivity contribution in [2.75, 3.05) is 5.73 Å². The molecule has 164 valence electrons. The van der Waals surface area contributed by atoms with Crippen molar-refractivity contribution in [3.63, 3.8) is 0 Å². The second-order valence-corrected chi connectivity index (χ2v) is 6.58. The van der Waals surface area contributed by atoms with Crippen molar-refractivity contribution in [3.05, 3.63) is 77.4 Å². The number of rotatable bonds is 2. The van der Waals surface area contributed by atoms with Crippen LogP contribution in [0.3, 0.4) is 0 Å². The van der Waals surface area contributed by atoms with Gasteiger partial charge in [0.25, 0.3) is 0 Å². The first kappa shape index (κ1) is 22.5. The van der Waals surface area contributed by atoms with Crippen molar-refractivity contribution in [3.8, 4) is 22.3 Å². The average Bonchev–Trinajstić information content (AvgIpc) is 2.64. The molecule has 0 spiro atoms. The Labute approximate surface area is 169 Å². The molecule has 0 radical (unpaired) electrons. The monoisotopic (exact) mass is 449 g/mol. The Balaban J connectivity index is 2.52. The highest BCUT2D eigenvalue weighted by atomic mass is 19.4. The van der Waals surface area contributed by atoms with Crippen LogP contribution in [0.4, 0.5) is 45.2 Å². The largest absolute Gasteiger partial charge is 0.417 e. The van der Waals surface area contributed by atoms with Gasteiger partial charge in [0, 0.05) is 11.3 Å². The number of benzene rings is 3. The second-order valence-electron chi connectivity index (χ2n) is 6.58. The molecule has 0 atom stereocenters. The second kappa shape index (κ2) is 7.51. The summed E-state index contributed by atoms with van der Waals surface area (Å²) in [4.78, 5) is 0. The van der Waals surface area contributed by atoms with Crippen LogP contribution in [-0.2, 0) is 18.5 Å². The molecule has 3 aromatic carbocycles. The number of hydrogen-bond acceptors (Lipinski definition) is 1. The molecule has 0 unspecified atom stereocenters. The van der Waals surface area contributed by atoms with E-state index in [1.54, 1.807) is 0 Å². The maximum atomic E-state index is 14.1. The first-order valence-corrected chi connectivity index (χ1v) is 8.55. The van der Waals surface area contributed by atoms with Gasteiger partial charge < -0.3 is 5.73 Å². The van der Waals surface area contributed by atoms with Crippen molar-refractivity contribution < 1.29 is 39.5 Å². The predicted molar refractivity (Wildman–Crippen MR) is 96.7 cm³/mol. The van der Waals surface area contributed by atoms with Gasteiger partial charge in [-0.2, -0.15) is 39.5 Å². The molecular formula is C21H12F9N. The Morgan fingerprint density at radius 1 is 0.548 bits per heavy atom. The van der Waals surface area contributed by atoms with Gasteiger partial charge in [0.15, 0.2) is 0 Å². The third-order valence-corrected chi connectivity index (χ3v) is 4.49. The van der Waals surface area contributed by atoms with Gasteiger partial charge in [0.2, 0.25) is 0 Å². The molecule has 0 heterocycles. The zero-order valence-corrected chi connectivity index (χ0v) is 15.3. The minimum absolute atomic E-state index is 0.111. The Morgan fingerprint density at radius 3 is 1.71 bits per heavy atom. The number of nitrogens with two attached hydrogens (primary N) is 1. The van der Waals surface area contributed by atoms with Crippen LogP contribution in [0.25, 0.3) is 22.3 Å². The first-order valence-electron chi connectivity index (χ1n) is 8.55. The van der Waals surface area contributed by atoms with E-state index in [9.17, 15) is 39.5 Å². The molecule has 0 aliphatic carbocycles. The topological polar surface area (TPSA) is 26.0 Å². The van der Waals surface area contributed by atoms with Crippen LogP contribution in [-0.4, -0.2) is 0 Å². The van der Waals surface area contributed by atoms with Gasteiger partial charge in [-0.15, -0.1) is 0 Å². The quantitative estimate of drug-likeness (QED) is 0.316. The van der Waals surface area contributed by atoms with Crippen LogP contribution in [0.15, 0.2) is 60.7 Å². The lowest BCUT2D eigenvalue weighted by Gasteiger charge is -2.24. The van der Waals surface area contributed by atoms with Crippen LogP contribution < -0.4 is 5.73 Å². The minimum atomic E-state index is -5.41. The van der Waals surface area contributed by atoms with Crippen molar-refractivity contribution in [1.29, 1.82) is 0 Å². The van der Waals surface area contributed by atoms with Crippen molar-refractivity contribution >= 4 is 5.69 Å².